The van der Waals surface area contributed by atoms with E-state index in [0.29, 0.717) is 12.5 Å². The van der Waals surface area contributed by atoms with E-state index in [1.165, 1.54) is 12.0 Å². The second-order valence-electron chi connectivity index (χ2n) is 4.83. The Morgan fingerprint density at radius 3 is 2.65 bits per heavy atom. The van der Waals surface area contributed by atoms with Crippen molar-refractivity contribution in [1.82, 2.24) is 4.72 Å². The zero-order chi connectivity index (χ0) is 14.6. The molecule has 1 aromatic carbocycles. The van der Waals surface area contributed by atoms with E-state index in [-0.39, 0.29) is 6.54 Å². The first kappa shape index (κ1) is 15.1. The molecule has 1 aromatic rings. The molecule has 110 valence electrons. The molecule has 0 bridgehead atoms. The Bertz CT molecular complexity index is 612. The summed E-state index contributed by atoms with van der Waals surface area (Å²) in [4.78, 5) is -0.517. The number of sulfonamides is 1. The number of hydrogen-bond acceptors (Lipinski definition) is 2. The summed E-state index contributed by atoms with van der Waals surface area (Å²) in [5.41, 5.74) is 1.23. The highest BCUT2D eigenvalue weighted by Gasteiger charge is 2.19. The molecule has 0 aliphatic heterocycles. The van der Waals surface area contributed by atoms with Gasteiger partial charge in [-0.1, -0.05) is 11.6 Å². The van der Waals surface area contributed by atoms with Crippen molar-refractivity contribution in [2.24, 2.45) is 0 Å². The molecule has 0 spiro atoms. The van der Waals surface area contributed by atoms with Gasteiger partial charge in [0.05, 0.1) is 0 Å². The van der Waals surface area contributed by atoms with Crippen LogP contribution in [0.1, 0.15) is 32.1 Å². The molecule has 0 aromatic heterocycles. The third-order valence-corrected chi connectivity index (χ3v) is 4.80. The van der Waals surface area contributed by atoms with Gasteiger partial charge < -0.3 is 0 Å². The highest BCUT2D eigenvalue weighted by atomic mass is 32.2. The highest BCUT2D eigenvalue weighted by Crippen LogP contribution is 2.20. The van der Waals surface area contributed by atoms with E-state index in [2.05, 4.69) is 10.8 Å². The second-order valence-corrected chi connectivity index (χ2v) is 6.57. The van der Waals surface area contributed by atoms with Gasteiger partial charge in [-0.3, -0.25) is 0 Å². The van der Waals surface area contributed by atoms with Crippen LogP contribution in [-0.2, 0) is 10.0 Å². The first-order chi connectivity index (χ1) is 9.49. The number of hydrogen-bond donors (Lipinski definition) is 1. The van der Waals surface area contributed by atoms with Gasteiger partial charge in [0, 0.05) is 12.6 Å². The fourth-order valence-electron chi connectivity index (χ4n) is 2.25. The van der Waals surface area contributed by atoms with Gasteiger partial charge in [-0.2, -0.15) is 0 Å². The third kappa shape index (κ3) is 3.86. The van der Waals surface area contributed by atoms with Crippen LogP contribution >= 0.6 is 0 Å². The van der Waals surface area contributed by atoms with Crippen molar-refractivity contribution in [2.45, 2.75) is 37.0 Å². The zero-order valence-corrected chi connectivity index (χ0v) is 11.8. The Hall–Kier alpha value is -1.27. The van der Waals surface area contributed by atoms with Gasteiger partial charge in [0.1, 0.15) is 16.5 Å². The standard InChI is InChI=1S/C14H17F2NO2S/c15-12-6-7-14(13(16)10-12)20(18,19)17-9-8-11-4-2-1-3-5-11/h4,6-7,10,17H,1-3,5,8-9H2. The molecule has 0 fully saturated rings. The predicted octanol–water partition coefficient (Wildman–Crippen LogP) is 3.13. The topological polar surface area (TPSA) is 46.2 Å². The minimum Gasteiger partial charge on any atom is -0.211 e. The Morgan fingerprint density at radius 1 is 1.20 bits per heavy atom. The summed E-state index contributed by atoms with van der Waals surface area (Å²) in [7, 11) is -3.93. The van der Waals surface area contributed by atoms with E-state index in [4.69, 9.17) is 0 Å². The number of allylic oxidation sites excluding steroid dienone is 1. The minimum atomic E-state index is -3.93. The molecule has 0 unspecified atom stereocenters. The van der Waals surface area contributed by atoms with Gasteiger partial charge in [-0.25, -0.2) is 21.9 Å². The zero-order valence-electron chi connectivity index (χ0n) is 11.0. The number of nitrogens with one attached hydrogen (secondary N) is 1. The SMILES string of the molecule is O=S(=O)(NCCC1=CCCCC1)c1ccc(F)cc1F. The van der Waals surface area contributed by atoms with Crippen LogP contribution in [0, 0.1) is 11.6 Å². The molecule has 6 heteroatoms. The summed E-state index contributed by atoms with van der Waals surface area (Å²) in [5.74, 6) is -1.87. The van der Waals surface area contributed by atoms with Crippen LogP contribution in [0.25, 0.3) is 0 Å². The molecule has 0 radical (unpaired) electrons. The first-order valence-electron chi connectivity index (χ1n) is 6.62. The highest BCUT2D eigenvalue weighted by molar-refractivity contribution is 7.89. The minimum absolute atomic E-state index is 0.227. The van der Waals surface area contributed by atoms with Crippen molar-refractivity contribution in [2.75, 3.05) is 6.54 Å². The molecule has 1 aliphatic carbocycles. The lowest BCUT2D eigenvalue weighted by Crippen LogP contribution is -2.26. The van der Waals surface area contributed by atoms with Crippen molar-refractivity contribution < 1.29 is 17.2 Å². The van der Waals surface area contributed by atoms with Crippen LogP contribution in [0.2, 0.25) is 0 Å². The fourth-order valence-corrected chi connectivity index (χ4v) is 3.34. The van der Waals surface area contributed by atoms with Crippen LogP contribution in [0.15, 0.2) is 34.7 Å². The molecule has 2 rings (SSSR count). The maximum Gasteiger partial charge on any atom is 0.243 e. The van der Waals surface area contributed by atoms with Crippen molar-refractivity contribution in [3.05, 3.63) is 41.5 Å². The summed E-state index contributed by atoms with van der Waals surface area (Å²) >= 11 is 0. The smallest absolute Gasteiger partial charge is 0.211 e. The van der Waals surface area contributed by atoms with Crippen LogP contribution in [0.3, 0.4) is 0 Å². The van der Waals surface area contributed by atoms with E-state index in [1.807, 2.05) is 0 Å². The van der Waals surface area contributed by atoms with Gasteiger partial charge in [0.2, 0.25) is 10.0 Å². The number of rotatable bonds is 5. The van der Waals surface area contributed by atoms with Crippen molar-refractivity contribution in [3.63, 3.8) is 0 Å². The molecule has 0 atom stereocenters. The fraction of sp³-hybridized carbons (Fsp3) is 0.429. The molecule has 1 N–H and O–H groups in total. The number of benzene rings is 1. The summed E-state index contributed by atoms with van der Waals surface area (Å²) in [6.07, 6.45) is 7.10. The molecule has 0 saturated heterocycles. The van der Waals surface area contributed by atoms with Crippen molar-refractivity contribution in [3.8, 4) is 0 Å². The lowest BCUT2D eigenvalue weighted by atomic mass is 9.97. The first-order valence-corrected chi connectivity index (χ1v) is 8.10. The average molecular weight is 301 g/mol. The van der Waals surface area contributed by atoms with Gasteiger partial charge >= 0.3 is 0 Å². The maximum absolute atomic E-state index is 13.5. The van der Waals surface area contributed by atoms with E-state index in [9.17, 15) is 17.2 Å². The van der Waals surface area contributed by atoms with Crippen molar-refractivity contribution in [1.29, 1.82) is 0 Å². The lowest BCUT2D eigenvalue weighted by molar-refractivity contribution is 0.542. The Balaban J connectivity index is 1.98. The summed E-state index contributed by atoms with van der Waals surface area (Å²) in [6, 6.07) is 2.44. The third-order valence-electron chi connectivity index (χ3n) is 3.31. The lowest BCUT2D eigenvalue weighted by Gasteiger charge is -2.13. The average Bonchev–Trinajstić information content (AvgIpc) is 2.39. The van der Waals surface area contributed by atoms with Gasteiger partial charge in [-0.05, 0) is 44.2 Å². The van der Waals surface area contributed by atoms with Crippen LogP contribution in [-0.4, -0.2) is 15.0 Å². The van der Waals surface area contributed by atoms with Crippen LogP contribution < -0.4 is 4.72 Å². The predicted molar refractivity (Wildman–Crippen MR) is 72.7 cm³/mol. The van der Waals surface area contributed by atoms with Gasteiger partial charge in [0.25, 0.3) is 0 Å². The molecule has 0 amide bonds. The van der Waals surface area contributed by atoms with E-state index < -0.39 is 26.6 Å². The molecule has 20 heavy (non-hydrogen) atoms. The van der Waals surface area contributed by atoms with Crippen LogP contribution in [0.4, 0.5) is 8.78 Å². The van der Waals surface area contributed by atoms with E-state index in [0.717, 1.165) is 31.4 Å². The molecule has 0 heterocycles. The summed E-state index contributed by atoms with van der Waals surface area (Å²) < 4.78 is 52.4. The second kappa shape index (κ2) is 6.45. The van der Waals surface area contributed by atoms with Crippen LogP contribution in [0.5, 0.6) is 0 Å². The molecule has 1 aliphatic rings. The summed E-state index contributed by atoms with van der Waals surface area (Å²) in [5, 5.41) is 0. The Kier molecular flexibility index (Phi) is 4.88. The van der Waals surface area contributed by atoms with Crippen molar-refractivity contribution >= 4 is 10.0 Å². The number of halogens is 2. The molecule has 3 nitrogen and oxygen atoms in total. The van der Waals surface area contributed by atoms with E-state index in [1.54, 1.807) is 0 Å². The Morgan fingerprint density at radius 2 is 2.00 bits per heavy atom. The molecule has 0 saturated carbocycles. The normalized spacial score (nSPS) is 16.0. The quantitative estimate of drug-likeness (QED) is 0.849. The van der Waals surface area contributed by atoms with Gasteiger partial charge in [-0.15, -0.1) is 0 Å². The Labute approximate surface area is 117 Å². The van der Waals surface area contributed by atoms with Gasteiger partial charge in [0.15, 0.2) is 0 Å². The maximum atomic E-state index is 13.5. The monoisotopic (exact) mass is 301 g/mol. The summed E-state index contributed by atoms with van der Waals surface area (Å²) in [6.45, 7) is 0.227. The molecular formula is C14H17F2NO2S. The largest absolute Gasteiger partial charge is 0.243 e. The molecular weight excluding hydrogens is 284 g/mol. The van der Waals surface area contributed by atoms with E-state index >= 15 is 0 Å².